The van der Waals surface area contributed by atoms with Gasteiger partial charge in [-0.2, -0.15) is 13.2 Å². The quantitative estimate of drug-likeness (QED) is 0.0852. The predicted octanol–water partition coefficient (Wildman–Crippen LogP) is 9.67. The fraction of sp³-hybridized carbons (Fsp3) is 0.275. The number of ether oxygens (including phenoxy) is 13. The van der Waals surface area contributed by atoms with Crippen LogP contribution in [0.15, 0.2) is 140 Å². The van der Waals surface area contributed by atoms with Crippen molar-refractivity contribution in [2.75, 3.05) is 69.5 Å². The molecule has 0 saturated carbocycles. The molecular weight excluding hydrogens is 1270 g/mol. The smallest absolute Gasteiger partial charge is 0.416 e. The second-order valence-corrected chi connectivity index (χ2v) is 23.1. The molecule has 6 aliphatic rings. The monoisotopic (exact) mass is 1330 g/mol. The number of nitrogens with zero attached hydrogens (tertiary/aromatic N) is 6. The van der Waals surface area contributed by atoms with Crippen LogP contribution in [0.2, 0.25) is 0 Å². The van der Waals surface area contributed by atoms with Crippen LogP contribution < -0.4 is 62.7 Å². The first-order chi connectivity index (χ1) is 47.1. The van der Waals surface area contributed by atoms with Crippen LogP contribution in [0.1, 0.15) is 83.8 Å². The van der Waals surface area contributed by atoms with Gasteiger partial charge in [-0.15, -0.1) is 10.2 Å². The summed E-state index contributed by atoms with van der Waals surface area (Å²) in [5.74, 6) is 0.460. The summed E-state index contributed by atoms with van der Waals surface area (Å²) in [4.78, 5) is 54.5. The number of benzene rings is 7. The average molecular weight is 1330 g/mol. The first kappa shape index (κ1) is 62.7. The van der Waals surface area contributed by atoms with Crippen LogP contribution in [0.25, 0.3) is 11.4 Å². The number of carbonyl (C=O) groups excluding carboxylic acids is 4. The molecule has 2 saturated heterocycles. The van der Waals surface area contributed by atoms with Gasteiger partial charge in [-0.25, -0.2) is 9.36 Å². The molecule has 97 heavy (non-hydrogen) atoms. The van der Waals surface area contributed by atoms with Crippen molar-refractivity contribution in [3.63, 3.8) is 0 Å². The number of methoxy groups -OCH3 is 6. The van der Waals surface area contributed by atoms with Crippen molar-refractivity contribution in [2.24, 2.45) is 23.7 Å². The first-order valence-corrected chi connectivity index (χ1v) is 30.3. The summed E-state index contributed by atoms with van der Waals surface area (Å²) in [6.45, 7) is 0.168. The minimum Gasteiger partial charge on any atom is -0.493 e. The molecule has 0 radical (unpaired) electrons. The fourth-order valence-corrected chi connectivity index (χ4v) is 13.6. The van der Waals surface area contributed by atoms with E-state index in [1.165, 1.54) is 65.7 Å². The zero-order chi connectivity index (χ0) is 67.4. The van der Waals surface area contributed by atoms with Crippen molar-refractivity contribution in [1.29, 1.82) is 0 Å². The van der Waals surface area contributed by atoms with Crippen LogP contribution >= 0.6 is 0 Å². The third-order valence-corrected chi connectivity index (χ3v) is 18.0. The third kappa shape index (κ3) is 11.6. The zero-order valence-electron chi connectivity index (χ0n) is 52.5. The van der Waals surface area contributed by atoms with Crippen molar-refractivity contribution >= 4 is 23.8 Å². The highest BCUT2D eigenvalue weighted by atomic mass is 19.4. The van der Waals surface area contributed by atoms with E-state index in [1.54, 1.807) is 36.5 Å². The Kier molecular flexibility index (Phi) is 16.5. The maximum atomic E-state index is 13.9. The van der Waals surface area contributed by atoms with E-state index >= 15 is 0 Å². The Labute approximate surface area is 550 Å². The first-order valence-electron chi connectivity index (χ1n) is 30.3. The van der Waals surface area contributed by atoms with Gasteiger partial charge in [-0.3, -0.25) is 19.2 Å². The highest BCUT2D eigenvalue weighted by molar-refractivity contribution is 5.93. The van der Waals surface area contributed by atoms with Gasteiger partial charge in [-0.05, 0) is 124 Å². The molecule has 28 heteroatoms. The molecule has 498 valence electrons. The van der Waals surface area contributed by atoms with E-state index in [-0.39, 0.29) is 49.8 Å². The summed E-state index contributed by atoms with van der Waals surface area (Å²) in [7, 11) is 9.09. The lowest BCUT2D eigenvalue weighted by Crippen LogP contribution is -2.43. The van der Waals surface area contributed by atoms with Gasteiger partial charge in [0.25, 0.3) is 11.8 Å². The number of rotatable bonds is 16. The standard InChI is InChI=1S/C37H32N4O9.C32H27F3N4O8/c1-44-30-12-20(13-31(45-2)35(30)46-3)32-24-15-28-29(49-19-48-28)16-25(24)34(26-18-47-37(43)33(26)32)38-36(42)27-17-41(40-39-27)21-8-7-11-23(14-21)50-22-9-5-4-6-10-22;1-42-24-7-15(8-25(43-2)29(24)44-3)26-18-10-22-23(47-14-46-22)11-19(18)28(20-13-45-31(41)27(20)26)36-30(40)21-12-39(38-37-21)17-6-4-5-16(9-17)32(33,34)35/h4-17,26,32-34H,18-19H2,1-3H3,(H,38,42);4-12,20,26-28H,13-14H2,1-3H3,(H,36,40)/t26-,32+,33-,34+;20-,26+,27-,28+/m00/s1. The number of esters is 2. The molecule has 0 spiro atoms. The summed E-state index contributed by atoms with van der Waals surface area (Å²) in [6.07, 6.45) is -1.77. The maximum Gasteiger partial charge on any atom is 0.416 e. The zero-order valence-corrected chi connectivity index (χ0v) is 52.5. The van der Waals surface area contributed by atoms with Crippen LogP contribution in [-0.4, -0.2) is 123 Å². The highest BCUT2D eigenvalue weighted by Gasteiger charge is 2.55. The highest BCUT2D eigenvalue weighted by Crippen LogP contribution is 2.58. The Bertz CT molecular complexity index is 4520. The van der Waals surface area contributed by atoms with E-state index in [2.05, 4.69) is 31.3 Å². The molecule has 15 rings (SSSR count). The number of fused-ring (bicyclic) bond motifs is 6. The van der Waals surface area contributed by atoms with Gasteiger partial charge < -0.3 is 72.2 Å². The lowest BCUT2D eigenvalue weighted by Gasteiger charge is -2.39. The van der Waals surface area contributed by atoms with Crippen LogP contribution in [0, 0.1) is 23.7 Å². The van der Waals surface area contributed by atoms with Gasteiger partial charge in [0.2, 0.25) is 25.1 Å². The number of hydrogen-bond acceptors (Lipinski definition) is 21. The molecule has 9 aromatic rings. The number of nitrogens with one attached hydrogen (secondary N) is 2. The van der Waals surface area contributed by atoms with E-state index in [4.69, 9.17) is 61.6 Å². The Morgan fingerprint density at radius 3 is 1.32 bits per heavy atom. The number of halogens is 3. The van der Waals surface area contributed by atoms with Gasteiger partial charge in [0.15, 0.2) is 57.4 Å². The third-order valence-electron chi connectivity index (χ3n) is 18.0. The second kappa shape index (κ2) is 25.5. The van der Waals surface area contributed by atoms with E-state index < -0.39 is 77.1 Å². The van der Waals surface area contributed by atoms with Crippen molar-refractivity contribution < 1.29 is 93.9 Å². The fourth-order valence-electron chi connectivity index (χ4n) is 13.6. The number of alkyl halides is 3. The SMILES string of the molecule is COc1cc([C@@H]2c3cc4c(cc3[C@@H](NC(=O)c3cn(-c5cccc(C(F)(F)F)c5)nn3)[C@H]3COC(=O)[C@H]23)OCO4)cc(OC)c1OC.COc1cc([C@@H]2c3cc4c(cc3[C@@H](NC(=O)c3cn(-c5cccc(Oc6ccccc6)c5)nn3)[C@H]3COC(=O)[C@H]23)OCO4)cc(OC)c1OC. The van der Waals surface area contributed by atoms with Crippen molar-refractivity contribution in [1.82, 2.24) is 40.6 Å². The molecule has 25 nitrogen and oxygen atoms in total. The molecule has 6 heterocycles. The van der Waals surface area contributed by atoms with Gasteiger partial charge in [0, 0.05) is 29.7 Å². The average Bonchev–Trinajstić information content (AvgIpc) is 1.69. The van der Waals surface area contributed by atoms with Gasteiger partial charge in [0.1, 0.15) is 11.5 Å². The molecule has 7 aromatic carbocycles. The lowest BCUT2D eigenvalue weighted by molar-refractivity contribution is -0.142. The van der Waals surface area contributed by atoms with Crippen LogP contribution in [-0.2, 0) is 25.2 Å². The Balaban J connectivity index is 0.000000167. The minimum atomic E-state index is -4.56. The molecular formula is C69H59F3N8O17. The Morgan fingerprint density at radius 2 is 0.897 bits per heavy atom. The van der Waals surface area contributed by atoms with Crippen molar-refractivity contribution in [3.8, 4) is 80.4 Å². The maximum absolute atomic E-state index is 13.9. The summed E-state index contributed by atoms with van der Waals surface area (Å²) in [6, 6.07) is 34.4. The number of para-hydroxylation sites is 1. The number of aromatic nitrogens is 6. The molecule has 8 atom stereocenters. The molecule has 2 aliphatic carbocycles. The Hall–Kier alpha value is -11.7. The van der Waals surface area contributed by atoms with E-state index in [0.717, 1.165) is 33.5 Å². The van der Waals surface area contributed by atoms with Crippen LogP contribution in [0.4, 0.5) is 13.2 Å². The van der Waals surface area contributed by atoms with Crippen molar-refractivity contribution in [3.05, 3.63) is 190 Å². The largest absolute Gasteiger partial charge is 0.493 e. The van der Waals surface area contributed by atoms with Crippen LogP contribution in [0.3, 0.4) is 0 Å². The van der Waals surface area contributed by atoms with Crippen molar-refractivity contribution in [2.45, 2.75) is 30.1 Å². The minimum absolute atomic E-state index is 0.00234. The Morgan fingerprint density at radius 1 is 0.485 bits per heavy atom. The summed E-state index contributed by atoms with van der Waals surface area (Å²) in [5, 5.41) is 22.3. The van der Waals surface area contributed by atoms with Gasteiger partial charge >= 0.3 is 18.1 Å². The lowest BCUT2D eigenvalue weighted by atomic mass is 9.65. The van der Waals surface area contributed by atoms with E-state index in [9.17, 15) is 32.3 Å². The number of amides is 2. The van der Waals surface area contributed by atoms with Crippen LogP contribution in [0.5, 0.6) is 69.0 Å². The predicted molar refractivity (Wildman–Crippen MR) is 332 cm³/mol. The van der Waals surface area contributed by atoms with E-state index in [0.29, 0.717) is 91.4 Å². The summed E-state index contributed by atoms with van der Waals surface area (Å²) in [5.41, 5.74) is 4.12. The second-order valence-electron chi connectivity index (χ2n) is 23.1. The van der Waals surface area contributed by atoms with Gasteiger partial charge in [-0.1, -0.05) is 40.8 Å². The normalized spacial score (nSPS) is 20.5. The summed E-state index contributed by atoms with van der Waals surface area (Å²) >= 11 is 0. The molecule has 0 bridgehead atoms. The number of cyclic esters (lactones) is 2. The molecule has 0 unspecified atom stereocenters. The number of carbonyl (C=O) groups is 4. The molecule has 2 N–H and O–H groups in total. The van der Waals surface area contributed by atoms with E-state index in [1.807, 2.05) is 72.8 Å². The number of hydrogen-bond donors (Lipinski definition) is 2. The molecule has 2 amide bonds. The molecule has 4 aliphatic heterocycles. The van der Waals surface area contributed by atoms with Gasteiger partial charge in [0.05, 0.1) is 109 Å². The topological polar surface area (TPSA) is 274 Å². The molecule has 2 aromatic heterocycles. The summed E-state index contributed by atoms with van der Waals surface area (Å²) < 4.78 is 116. The molecule has 2 fully saturated rings.